The van der Waals surface area contributed by atoms with Crippen LogP contribution < -0.4 is 15.5 Å². The maximum Gasteiger partial charge on any atom is 0.433 e. The summed E-state index contributed by atoms with van der Waals surface area (Å²) in [4.78, 5) is 9.84. The standard InChI is InChI=1S/C17H24F3N5S/c18-17(19,20)13-11-14(25-9-5-1-2-6-10-25)23-15(22-13)24-16(26)21-12-7-3-4-8-12/h11-12H,1-10H2,(H2,21,22,23,24,26). The molecular formula is C17H24F3N5S. The molecule has 3 rings (SSSR count). The molecule has 2 N–H and O–H groups in total. The number of hydrogen-bond donors (Lipinski definition) is 2. The zero-order valence-corrected chi connectivity index (χ0v) is 15.4. The Morgan fingerprint density at radius 3 is 2.31 bits per heavy atom. The van der Waals surface area contributed by atoms with E-state index in [9.17, 15) is 13.2 Å². The predicted molar refractivity (Wildman–Crippen MR) is 99.3 cm³/mol. The van der Waals surface area contributed by atoms with Crippen LogP contribution in [0, 0.1) is 0 Å². The van der Waals surface area contributed by atoms with E-state index in [0.717, 1.165) is 57.4 Å². The number of aromatic nitrogens is 2. The summed E-state index contributed by atoms with van der Waals surface area (Å²) in [6.45, 7) is 1.41. The van der Waals surface area contributed by atoms with E-state index in [4.69, 9.17) is 12.2 Å². The summed E-state index contributed by atoms with van der Waals surface area (Å²) in [5, 5.41) is 6.16. The van der Waals surface area contributed by atoms with E-state index in [1.54, 1.807) is 0 Å². The topological polar surface area (TPSA) is 53.1 Å². The lowest BCUT2D eigenvalue weighted by molar-refractivity contribution is -0.141. The van der Waals surface area contributed by atoms with E-state index in [-0.39, 0.29) is 17.1 Å². The van der Waals surface area contributed by atoms with Gasteiger partial charge in [0.05, 0.1) is 0 Å². The average molecular weight is 387 g/mol. The molecule has 0 amide bonds. The highest BCUT2D eigenvalue weighted by molar-refractivity contribution is 7.80. The van der Waals surface area contributed by atoms with Gasteiger partial charge in [0.15, 0.2) is 10.8 Å². The van der Waals surface area contributed by atoms with E-state index >= 15 is 0 Å². The molecule has 1 saturated carbocycles. The Morgan fingerprint density at radius 2 is 1.69 bits per heavy atom. The molecule has 1 aliphatic carbocycles. The van der Waals surface area contributed by atoms with Crippen LogP contribution in [-0.2, 0) is 6.18 Å². The minimum absolute atomic E-state index is 0.102. The predicted octanol–water partition coefficient (Wildman–Crippen LogP) is 4.10. The van der Waals surface area contributed by atoms with E-state index in [0.29, 0.717) is 18.9 Å². The summed E-state index contributed by atoms with van der Waals surface area (Å²) in [6, 6.07) is 1.30. The number of anilines is 2. The first-order valence-corrected chi connectivity index (χ1v) is 9.61. The van der Waals surface area contributed by atoms with Crippen molar-refractivity contribution in [2.45, 2.75) is 63.6 Å². The summed E-state index contributed by atoms with van der Waals surface area (Å²) in [5.74, 6) is 0.204. The third kappa shape index (κ3) is 5.18. The molecule has 0 spiro atoms. The molecule has 2 fully saturated rings. The number of nitrogens with one attached hydrogen (secondary N) is 2. The van der Waals surface area contributed by atoms with Gasteiger partial charge in [0, 0.05) is 25.2 Å². The van der Waals surface area contributed by atoms with Crippen LogP contribution in [-0.4, -0.2) is 34.2 Å². The Balaban J connectivity index is 1.78. The molecule has 1 aromatic heterocycles. The van der Waals surface area contributed by atoms with Crippen molar-refractivity contribution in [2.75, 3.05) is 23.3 Å². The van der Waals surface area contributed by atoms with E-state index in [2.05, 4.69) is 20.6 Å². The van der Waals surface area contributed by atoms with Gasteiger partial charge in [0.2, 0.25) is 5.95 Å². The largest absolute Gasteiger partial charge is 0.433 e. The van der Waals surface area contributed by atoms with Crippen LogP contribution in [0.1, 0.15) is 57.1 Å². The molecule has 0 atom stereocenters. The molecule has 5 nitrogen and oxygen atoms in total. The fourth-order valence-electron chi connectivity index (χ4n) is 3.49. The molecule has 0 radical (unpaired) electrons. The second-order valence-corrected chi connectivity index (χ2v) is 7.32. The zero-order valence-electron chi connectivity index (χ0n) is 14.6. The van der Waals surface area contributed by atoms with Gasteiger partial charge in [-0.25, -0.2) is 4.98 Å². The molecule has 2 aliphatic rings. The fraction of sp³-hybridized carbons (Fsp3) is 0.706. The van der Waals surface area contributed by atoms with Crippen LogP contribution in [0.2, 0.25) is 0 Å². The Labute approximate surface area is 156 Å². The molecule has 1 saturated heterocycles. The Hall–Kier alpha value is -1.64. The molecule has 0 aromatic carbocycles. The van der Waals surface area contributed by atoms with Gasteiger partial charge in [-0.15, -0.1) is 0 Å². The fourth-order valence-corrected chi connectivity index (χ4v) is 3.75. The van der Waals surface area contributed by atoms with Crippen LogP contribution in [0.4, 0.5) is 24.9 Å². The van der Waals surface area contributed by atoms with Crippen molar-refractivity contribution in [3.8, 4) is 0 Å². The number of hydrogen-bond acceptors (Lipinski definition) is 4. The van der Waals surface area contributed by atoms with Gasteiger partial charge in [-0.2, -0.15) is 18.2 Å². The summed E-state index contributed by atoms with van der Waals surface area (Å²) in [5.41, 5.74) is -0.946. The minimum atomic E-state index is -4.53. The third-order valence-electron chi connectivity index (χ3n) is 4.85. The Morgan fingerprint density at radius 1 is 1.04 bits per heavy atom. The molecule has 0 bridgehead atoms. The van der Waals surface area contributed by atoms with Gasteiger partial charge < -0.3 is 15.5 Å². The van der Waals surface area contributed by atoms with Gasteiger partial charge in [-0.1, -0.05) is 25.7 Å². The van der Waals surface area contributed by atoms with Crippen LogP contribution in [0.15, 0.2) is 6.07 Å². The quantitative estimate of drug-likeness (QED) is 0.762. The summed E-state index contributed by atoms with van der Waals surface area (Å²) in [7, 11) is 0. The lowest BCUT2D eigenvalue weighted by Gasteiger charge is -2.23. The highest BCUT2D eigenvalue weighted by Gasteiger charge is 2.34. The second kappa shape index (κ2) is 8.37. The van der Waals surface area contributed by atoms with Crippen molar-refractivity contribution < 1.29 is 13.2 Å². The molecule has 26 heavy (non-hydrogen) atoms. The van der Waals surface area contributed by atoms with Crippen molar-refractivity contribution >= 4 is 29.1 Å². The number of nitrogens with zero attached hydrogens (tertiary/aromatic N) is 3. The molecule has 2 heterocycles. The van der Waals surface area contributed by atoms with E-state index in [1.807, 2.05) is 4.90 Å². The molecule has 1 aliphatic heterocycles. The summed E-state index contributed by atoms with van der Waals surface area (Å²) in [6.07, 6.45) is 3.88. The average Bonchev–Trinajstić information content (AvgIpc) is 2.93. The maximum absolute atomic E-state index is 13.3. The van der Waals surface area contributed by atoms with Crippen molar-refractivity contribution in [1.82, 2.24) is 15.3 Å². The van der Waals surface area contributed by atoms with Gasteiger partial charge in [-0.05, 0) is 37.9 Å². The smallest absolute Gasteiger partial charge is 0.360 e. The number of rotatable bonds is 3. The molecule has 1 aromatic rings. The maximum atomic E-state index is 13.3. The normalized spacial score (nSPS) is 19.3. The molecule has 9 heteroatoms. The van der Waals surface area contributed by atoms with Gasteiger partial charge >= 0.3 is 6.18 Å². The second-order valence-electron chi connectivity index (χ2n) is 6.91. The van der Waals surface area contributed by atoms with Crippen molar-refractivity contribution in [1.29, 1.82) is 0 Å². The highest BCUT2D eigenvalue weighted by Crippen LogP contribution is 2.31. The van der Waals surface area contributed by atoms with Crippen molar-refractivity contribution in [3.63, 3.8) is 0 Å². The van der Waals surface area contributed by atoms with Gasteiger partial charge in [0.25, 0.3) is 0 Å². The number of thiocarbonyl (C=S) groups is 1. The lowest BCUT2D eigenvalue weighted by Crippen LogP contribution is -2.36. The summed E-state index contributed by atoms with van der Waals surface area (Å²) >= 11 is 5.23. The molecule has 144 valence electrons. The number of alkyl halides is 3. The van der Waals surface area contributed by atoms with Crippen LogP contribution >= 0.6 is 12.2 Å². The van der Waals surface area contributed by atoms with Crippen LogP contribution in [0.3, 0.4) is 0 Å². The molecular weight excluding hydrogens is 363 g/mol. The minimum Gasteiger partial charge on any atom is -0.360 e. The highest BCUT2D eigenvalue weighted by atomic mass is 32.1. The Kier molecular flexibility index (Phi) is 6.16. The Bertz CT molecular complexity index is 623. The first kappa shape index (κ1) is 19.1. The van der Waals surface area contributed by atoms with E-state index < -0.39 is 11.9 Å². The zero-order chi connectivity index (χ0) is 18.6. The van der Waals surface area contributed by atoms with Gasteiger partial charge in [-0.3, -0.25) is 0 Å². The summed E-state index contributed by atoms with van der Waals surface area (Å²) < 4.78 is 39.8. The van der Waals surface area contributed by atoms with Crippen molar-refractivity contribution in [3.05, 3.63) is 11.8 Å². The van der Waals surface area contributed by atoms with Crippen molar-refractivity contribution in [2.24, 2.45) is 0 Å². The molecule has 0 unspecified atom stereocenters. The third-order valence-corrected chi connectivity index (χ3v) is 5.07. The van der Waals surface area contributed by atoms with Crippen LogP contribution in [0.5, 0.6) is 0 Å². The van der Waals surface area contributed by atoms with Gasteiger partial charge in [0.1, 0.15) is 5.82 Å². The number of halogens is 3. The van der Waals surface area contributed by atoms with E-state index in [1.165, 1.54) is 0 Å². The first-order chi connectivity index (χ1) is 12.4. The lowest BCUT2D eigenvalue weighted by atomic mass is 10.2. The monoisotopic (exact) mass is 387 g/mol. The van der Waals surface area contributed by atoms with Crippen LogP contribution in [0.25, 0.3) is 0 Å². The first-order valence-electron chi connectivity index (χ1n) is 9.20. The SMILES string of the molecule is FC(F)(F)c1cc(N2CCCCCC2)nc(NC(=S)NC2CCCC2)n1.